The van der Waals surface area contributed by atoms with Crippen LogP contribution in [0.5, 0.6) is 5.75 Å². The third-order valence-corrected chi connectivity index (χ3v) is 10.3. The van der Waals surface area contributed by atoms with Crippen LogP contribution in [0.4, 0.5) is 14.6 Å². The average Bonchev–Trinajstić information content (AvgIpc) is 3.64. The van der Waals surface area contributed by atoms with Crippen LogP contribution in [0.1, 0.15) is 58.4 Å². The largest absolute Gasteiger partial charge is 0.464 e. The number of aliphatic hydroxyl groups is 1. The summed E-state index contributed by atoms with van der Waals surface area (Å²) < 4.78 is 68.2. The van der Waals surface area contributed by atoms with Crippen molar-refractivity contribution in [1.82, 2.24) is 19.6 Å². The molecule has 0 radical (unpaired) electrons. The van der Waals surface area contributed by atoms with E-state index < -0.39 is 62.8 Å². The number of nitrogens with zero attached hydrogens (tertiary/aromatic N) is 3. The summed E-state index contributed by atoms with van der Waals surface area (Å²) in [5, 5.41) is 16.9. The Morgan fingerprint density at radius 3 is 2.50 bits per heavy atom. The van der Waals surface area contributed by atoms with E-state index in [9.17, 15) is 18.9 Å². The second-order valence-corrected chi connectivity index (χ2v) is 14.1. The van der Waals surface area contributed by atoms with Gasteiger partial charge in [0.15, 0.2) is 12.4 Å². The number of esters is 1. The predicted molar refractivity (Wildman–Crippen MR) is 184 cm³/mol. The number of aromatic nitrogens is 3. The van der Waals surface area contributed by atoms with Crippen molar-refractivity contribution in [3.63, 3.8) is 0 Å². The van der Waals surface area contributed by atoms with Crippen molar-refractivity contribution in [3.8, 4) is 5.75 Å². The lowest BCUT2D eigenvalue weighted by atomic mass is 10.1. The van der Waals surface area contributed by atoms with Gasteiger partial charge in [0.25, 0.3) is 0 Å². The fourth-order valence-electron chi connectivity index (χ4n) is 5.52. The first kappa shape index (κ1) is 37.6. The SMILES string of the molecule is CCC(CC)COC(=O)[C@H](C)NP(=O)(OC[C@H]1O[C@@H](n2ccc3c(N[C@@H](C)c4ccccc4F)nc(Cl)nc32)[C@H](F)C1O)Oc1ccccc1. The summed E-state index contributed by atoms with van der Waals surface area (Å²) in [5.74, 6) is -0.415. The second-order valence-electron chi connectivity index (χ2n) is 12.1. The van der Waals surface area contributed by atoms with Gasteiger partial charge in [-0.2, -0.15) is 10.1 Å². The lowest BCUT2D eigenvalue weighted by Crippen LogP contribution is -2.37. The summed E-state index contributed by atoms with van der Waals surface area (Å²) in [7, 11) is -4.33. The highest BCUT2D eigenvalue weighted by Crippen LogP contribution is 2.46. The zero-order chi connectivity index (χ0) is 36.0. The molecule has 50 heavy (non-hydrogen) atoms. The molecule has 0 saturated carbocycles. The topological polar surface area (TPSA) is 146 Å². The van der Waals surface area contributed by atoms with Gasteiger partial charge in [-0.15, -0.1) is 0 Å². The number of anilines is 1. The Morgan fingerprint density at radius 2 is 1.80 bits per heavy atom. The van der Waals surface area contributed by atoms with E-state index >= 15 is 4.39 Å². The van der Waals surface area contributed by atoms with Gasteiger partial charge in [-0.05, 0) is 55.6 Å². The molecule has 2 aromatic carbocycles. The molecule has 4 aromatic rings. The molecule has 3 heterocycles. The minimum Gasteiger partial charge on any atom is -0.464 e. The number of carbonyl (C=O) groups excluding carboxylic acids is 1. The minimum atomic E-state index is -4.33. The number of benzene rings is 2. The van der Waals surface area contributed by atoms with Crippen LogP contribution in [0.3, 0.4) is 0 Å². The molecule has 1 fully saturated rings. The highest BCUT2D eigenvalue weighted by Gasteiger charge is 2.47. The van der Waals surface area contributed by atoms with E-state index in [1.54, 1.807) is 61.5 Å². The zero-order valence-electron chi connectivity index (χ0n) is 28.0. The molecule has 5 rings (SSSR count). The first-order valence-corrected chi connectivity index (χ1v) is 18.3. The van der Waals surface area contributed by atoms with Crippen molar-refractivity contribution in [2.45, 2.75) is 77.2 Å². The number of para-hydroxylation sites is 1. The Balaban J connectivity index is 1.32. The lowest BCUT2D eigenvalue weighted by Gasteiger charge is -2.25. The van der Waals surface area contributed by atoms with Crippen LogP contribution in [0, 0.1) is 11.7 Å². The predicted octanol–water partition coefficient (Wildman–Crippen LogP) is 7.15. The fourth-order valence-corrected chi connectivity index (χ4v) is 7.18. The van der Waals surface area contributed by atoms with Crippen LogP contribution < -0.4 is 14.9 Å². The summed E-state index contributed by atoms with van der Waals surface area (Å²) in [5.41, 5.74) is 0.592. The van der Waals surface area contributed by atoms with Crippen LogP contribution >= 0.6 is 19.3 Å². The number of aliphatic hydroxyl groups excluding tert-OH is 1. The van der Waals surface area contributed by atoms with Gasteiger partial charge in [0.1, 0.15) is 41.3 Å². The van der Waals surface area contributed by atoms with Gasteiger partial charge in [0, 0.05) is 11.8 Å². The number of nitrogens with one attached hydrogen (secondary N) is 2. The molecule has 2 aromatic heterocycles. The smallest absolute Gasteiger partial charge is 0.459 e. The van der Waals surface area contributed by atoms with Crippen molar-refractivity contribution < 1.29 is 41.8 Å². The van der Waals surface area contributed by atoms with E-state index in [1.165, 1.54) is 23.8 Å². The molecule has 16 heteroatoms. The van der Waals surface area contributed by atoms with Gasteiger partial charge in [-0.1, -0.05) is 63.1 Å². The number of hydrogen-bond acceptors (Lipinski definition) is 10. The number of fused-ring (bicyclic) bond motifs is 1. The summed E-state index contributed by atoms with van der Waals surface area (Å²) in [6, 6.07) is 14.5. The molecule has 0 bridgehead atoms. The summed E-state index contributed by atoms with van der Waals surface area (Å²) >= 11 is 6.26. The van der Waals surface area contributed by atoms with Gasteiger partial charge in [0.2, 0.25) is 5.28 Å². The molecular formula is C34H41ClF2N5O7P. The quantitative estimate of drug-likeness (QED) is 0.0612. The molecule has 1 aliphatic rings. The van der Waals surface area contributed by atoms with Crippen LogP contribution in [-0.4, -0.2) is 63.2 Å². The Bertz CT molecular complexity index is 1800. The maximum Gasteiger partial charge on any atom is 0.459 e. The third-order valence-electron chi connectivity index (χ3n) is 8.54. The van der Waals surface area contributed by atoms with Gasteiger partial charge in [-0.3, -0.25) is 9.32 Å². The Hall–Kier alpha value is -3.65. The first-order valence-electron chi connectivity index (χ1n) is 16.4. The number of hydrogen-bond donors (Lipinski definition) is 3. The van der Waals surface area contributed by atoms with Gasteiger partial charge in [0.05, 0.1) is 24.6 Å². The van der Waals surface area contributed by atoms with Crippen LogP contribution in [-0.2, 0) is 23.4 Å². The van der Waals surface area contributed by atoms with E-state index in [-0.39, 0.29) is 35.0 Å². The molecule has 0 amide bonds. The number of halogens is 3. The Labute approximate surface area is 294 Å². The highest BCUT2D eigenvalue weighted by molar-refractivity contribution is 7.52. The second kappa shape index (κ2) is 16.6. The number of carbonyl (C=O) groups is 1. The summed E-state index contributed by atoms with van der Waals surface area (Å²) in [6.45, 7) is 6.83. The molecular weight excluding hydrogens is 695 g/mol. The number of alkyl halides is 1. The van der Waals surface area contributed by atoms with Crippen molar-refractivity contribution >= 4 is 42.2 Å². The third kappa shape index (κ3) is 8.79. The van der Waals surface area contributed by atoms with Crippen LogP contribution in [0.15, 0.2) is 66.9 Å². The van der Waals surface area contributed by atoms with Crippen molar-refractivity contribution in [2.24, 2.45) is 5.92 Å². The Kier molecular flexibility index (Phi) is 12.5. The first-order chi connectivity index (χ1) is 23.9. The number of rotatable bonds is 16. The van der Waals surface area contributed by atoms with E-state index in [0.717, 1.165) is 12.8 Å². The van der Waals surface area contributed by atoms with E-state index in [2.05, 4.69) is 20.4 Å². The molecule has 1 aliphatic heterocycles. The monoisotopic (exact) mass is 735 g/mol. The molecule has 3 N–H and O–H groups in total. The Morgan fingerprint density at radius 1 is 1.10 bits per heavy atom. The molecule has 7 atom stereocenters. The normalized spacial score (nSPS) is 21.5. The highest BCUT2D eigenvalue weighted by atomic mass is 35.5. The lowest BCUT2D eigenvalue weighted by molar-refractivity contribution is -0.146. The molecule has 1 saturated heterocycles. The average molecular weight is 736 g/mol. The molecule has 12 nitrogen and oxygen atoms in total. The minimum absolute atomic E-state index is 0.160. The van der Waals surface area contributed by atoms with Crippen molar-refractivity contribution in [1.29, 1.82) is 0 Å². The van der Waals surface area contributed by atoms with E-state index in [0.29, 0.717) is 10.9 Å². The summed E-state index contributed by atoms with van der Waals surface area (Å²) in [4.78, 5) is 21.3. The van der Waals surface area contributed by atoms with Crippen LogP contribution in [0.2, 0.25) is 5.28 Å². The zero-order valence-corrected chi connectivity index (χ0v) is 29.7. The van der Waals surface area contributed by atoms with Crippen molar-refractivity contribution in [3.05, 3.63) is 83.5 Å². The van der Waals surface area contributed by atoms with E-state index in [4.69, 9.17) is 30.1 Å². The number of ether oxygens (including phenoxy) is 2. The maximum absolute atomic E-state index is 15.7. The van der Waals surface area contributed by atoms with Crippen molar-refractivity contribution in [2.75, 3.05) is 18.5 Å². The summed E-state index contributed by atoms with van der Waals surface area (Å²) in [6.07, 6.45) is -3.21. The van der Waals surface area contributed by atoms with Gasteiger partial charge < -0.3 is 29.0 Å². The van der Waals surface area contributed by atoms with Gasteiger partial charge >= 0.3 is 13.7 Å². The standard InChI is InChI=1S/C34H41ClF2N5O7P/c1-5-22(6-2)18-46-33(44)21(4)41-50(45,49-23-12-8-7-9-13-23)47-19-27-29(43)28(37)32(48-27)42-17-16-25-30(39-34(35)40-31(25)42)38-20(3)24-14-10-11-15-26(24)36/h7-17,20-22,27-29,32,43H,5-6,18-19H2,1-4H3,(H,41,45)(H,38,39,40)/t20-,21-,27+,28+,29?,32+,50?/m0/s1. The van der Waals surface area contributed by atoms with Gasteiger partial charge in [-0.25, -0.2) is 18.3 Å². The molecule has 0 aliphatic carbocycles. The van der Waals surface area contributed by atoms with Crippen LogP contribution in [0.25, 0.3) is 11.0 Å². The molecule has 2 unspecified atom stereocenters. The fraction of sp³-hybridized carbons (Fsp3) is 0.441. The maximum atomic E-state index is 15.7. The molecule has 270 valence electrons. The molecule has 0 spiro atoms. The van der Waals surface area contributed by atoms with E-state index in [1.807, 2.05) is 13.8 Å².